The number of nitriles is 1. The number of carbonyl (C=O) groups excluding carboxylic acids is 1. The molecular formula is C29H29N4O6P. The maximum atomic E-state index is 12.3. The zero-order valence-electron chi connectivity index (χ0n) is 22.6. The van der Waals surface area contributed by atoms with Crippen molar-refractivity contribution in [1.82, 2.24) is 9.55 Å². The van der Waals surface area contributed by atoms with Gasteiger partial charge >= 0.3 is 7.82 Å². The molecular weight excluding hydrogens is 531 g/mol. The van der Waals surface area contributed by atoms with Crippen LogP contribution < -0.4 is 9.64 Å². The first-order valence-corrected chi connectivity index (χ1v) is 13.9. The van der Waals surface area contributed by atoms with Gasteiger partial charge in [-0.3, -0.25) is 13.8 Å². The lowest BCUT2D eigenvalue weighted by atomic mass is 10.0. The third-order valence-electron chi connectivity index (χ3n) is 6.29. The molecule has 4 rings (SSSR count). The first-order chi connectivity index (χ1) is 19.1. The maximum Gasteiger partial charge on any atom is 0.474 e. The van der Waals surface area contributed by atoms with Crippen LogP contribution in [0.2, 0.25) is 0 Å². The lowest BCUT2D eigenvalue weighted by Gasteiger charge is -2.19. The summed E-state index contributed by atoms with van der Waals surface area (Å²) in [5, 5.41) is 10.2. The highest BCUT2D eigenvalue weighted by Gasteiger charge is 2.26. The molecule has 0 aliphatic rings. The minimum absolute atomic E-state index is 0.0108. The molecule has 0 aliphatic heterocycles. The summed E-state index contributed by atoms with van der Waals surface area (Å²) in [5.41, 5.74) is 4.56. The Morgan fingerprint density at radius 3 is 2.70 bits per heavy atom. The molecule has 1 amide bonds. The minimum Gasteiger partial charge on any atom is -0.497 e. The number of fused-ring (bicyclic) bond motifs is 1. The molecule has 1 N–H and O–H groups in total. The van der Waals surface area contributed by atoms with Crippen LogP contribution in [0.5, 0.6) is 5.75 Å². The van der Waals surface area contributed by atoms with Gasteiger partial charge in [-0.1, -0.05) is 18.7 Å². The van der Waals surface area contributed by atoms with E-state index < -0.39 is 14.1 Å². The molecule has 2 heterocycles. The summed E-state index contributed by atoms with van der Waals surface area (Å²) in [7, 11) is -1.11. The Hall–Kier alpha value is -4.26. The largest absolute Gasteiger partial charge is 0.497 e. The molecule has 4 aromatic rings. The van der Waals surface area contributed by atoms with Crippen molar-refractivity contribution in [3.63, 3.8) is 0 Å². The van der Waals surface area contributed by atoms with E-state index in [-0.39, 0.29) is 12.5 Å². The van der Waals surface area contributed by atoms with Crippen molar-refractivity contribution in [1.29, 1.82) is 5.26 Å². The zero-order valence-corrected chi connectivity index (χ0v) is 23.5. The summed E-state index contributed by atoms with van der Waals surface area (Å²) in [6.45, 7) is 6.78. The molecule has 11 heteroatoms. The highest BCUT2D eigenvalue weighted by Crippen LogP contribution is 2.47. The van der Waals surface area contributed by atoms with Gasteiger partial charge < -0.3 is 19.1 Å². The Balaban J connectivity index is 1.91. The van der Waals surface area contributed by atoms with E-state index in [1.165, 1.54) is 11.0 Å². The fraction of sp³-hybridized carbons (Fsp3) is 0.207. The smallest absolute Gasteiger partial charge is 0.474 e. The van der Waals surface area contributed by atoms with Crippen molar-refractivity contribution in [3.8, 4) is 34.1 Å². The molecule has 40 heavy (non-hydrogen) atoms. The predicted molar refractivity (Wildman–Crippen MR) is 153 cm³/mol. The average molecular weight is 561 g/mol. The number of hydrogen-bond donors (Lipinski definition) is 1. The molecule has 2 aromatic heterocycles. The third kappa shape index (κ3) is 5.98. The monoisotopic (exact) mass is 560 g/mol. The van der Waals surface area contributed by atoms with E-state index in [2.05, 4.69) is 12.6 Å². The number of hydrogen-bond acceptors (Lipinski definition) is 7. The number of amides is 1. The SMILES string of the molecule is C=CC(=O)N(C)c1cc(OC)cc(-c2cnc3c(c2)c(-c2cccc(C#N)c2)cn3C(C)OP(=O)(O)OCC)c1. The van der Waals surface area contributed by atoms with Crippen LogP contribution in [0.25, 0.3) is 33.3 Å². The molecule has 0 saturated heterocycles. The van der Waals surface area contributed by atoms with E-state index in [0.717, 1.165) is 22.3 Å². The summed E-state index contributed by atoms with van der Waals surface area (Å²) < 4.78 is 29.7. The summed E-state index contributed by atoms with van der Waals surface area (Å²) in [6.07, 6.45) is 3.76. The molecule has 0 aliphatic carbocycles. The Morgan fingerprint density at radius 2 is 2.02 bits per heavy atom. The number of pyridine rings is 1. The van der Waals surface area contributed by atoms with Crippen molar-refractivity contribution in [3.05, 3.63) is 79.1 Å². The molecule has 0 spiro atoms. The van der Waals surface area contributed by atoms with Crippen LogP contribution in [0.15, 0.2) is 73.6 Å². The van der Waals surface area contributed by atoms with Gasteiger partial charge in [0.05, 0.1) is 25.3 Å². The van der Waals surface area contributed by atoms with Gasteiger partial charge in [0.15, 0.2) is 0 Å². The topological polar surface area (TPSA) is 127 Å². The number of likely N-dealkylation sites (N-methyl/N-ethyl adjacent to an activating group) is 1. The second-order valence-electron chi connectivity index (χ2n) is 8.85. The molecule has 0 saturated carbocycles. The lowest BCUT2D eigenvalue weighted by molar-refractivity contribution is -0.113. The Bertz CT molecular complexity index is 1680. The van der Waals surface area contributed by atoms with E-state index in [0.29, 0.717) is 28.0 Å². The van der Waals surface area contributed by atoms with E-state index in [4.69, 9.17) is 18.8 Å². The number of phosphoric acid groups is 1. The van der Waals surface area contributed by atoms with Crippen molar-refractivity contribution in [2.45, 2.75) is 20.1 Å². The normalized spacial score (nSPS) is 13.3. The Morgan fingerprint density at radius 1 is 1.25 bits per heavy atom. The number of benzene rings is 2. The van der Waals surface area contributed by atoms with Gasteiger partial charge in [-0.05, 0) is 61.4 Å². The summed E-state index contributed by atoms with van der Waals surface area (Å²) in [5.74, 6) is 0.277. The highest BCUT2D eigenvalue weighted by atomic mass is 31.2. The molecule has 0 bridgehead atoms. The van der Waals surface area contributed by atoms with Crippen LogP contribution >= 0.6 is 7.82 Å². The second kappa shape index (κ2) is 11.9. The number of ether oxygens (including phenoxy) is 1. The Kier molecular flexibility index (Phi) is 8.52. The maximum absolute atomic E-state index is 12.3. The minimum atomic E-state index is -4.30. The third-order valence-corrected chi connectivity index (χ3v) is 7.45. The van der Waals surface area contributed by atoms with Crippen molar-refractivity contribution in [2.24, 2.45) is 0 Å². The summed E-state index contributed by atoms with van der Waals surface area (Å²) >= 11 is 0. The van der Waals surface area contributed by atoms with Crippen molar-refractivity contribution < 1.29 is 28.0 Å². The van der Waals surface area contributed by atoms with E-state index in [1.54, 1.807) is 69.2 Å². The van der Waals surface area contributed by atoms with Gasteiger partial charge in [0, 0.05) is 47.7 Å². The quantitative estimate of drug-likeness (QED) is 0.183. The average Bonchev–Trinajstić information content (AvgIpc) is 3.35. The van der Waals surface area contributed by atoms with E-state index >= 15 is 0 Å². The number of methoxy groups -OCH3 is 1. The standard InChI is InChI=1S/C29H29N4O6P/c1-6-28(34)32(4)24-12-22(13-25(15-24)37-5)23-14-26-27(21-10-8-9-20(11-21)16-30)18-33(29(26)31-17-23)19(3)39-40(35,36)38-7-2/h6,8-15,17-19H,1,7H2,2-5H3,(H,35,36). The molecule has 2 unspecified atom stereocenters. The molecule has 0 fully saturated rings. The van der Waals surface area contributed by atoms with Gasteiger partial charge in [0.2, 0.25) is 5.91 Å². The number of carbonyl (C=O) groups is 1. The van der Waals surface area contributed by atoms with Crippen LogP contribution in [0.3, 0.4) is 0 Å². The number of rotatable bonds is 10. The van der Waals surface area contributed by atoms with Crippen molar-refractivity contribution in [2.75, 3.05) is 25.7 Å². The second-order valence-corrected chi connectivity index (χ2v) is 10.3. The molecule has 10 nitrogen and oxygen atoms in total. The van der Waals surface area contributed by atoms with Crippen LogP contribution in [-0.4, -0.2) is 41.1 Å². The predicted octanol–water partition coefficient (Wildman–Crippen LogP) is 6.07. The number of anilines is 1. The highest BCUT2D eigenvalue weighted by molar-refractivity contribution is 7.47. The molecule has 2 atom stereocenters. The fourth-order valence-electron chi connectivity index (χ4n) is 4.32. The summed E-state index contributed by atoms with van der Waals surface area (Å²) in [6, 6.07) is 16.6. The fourth-order valence-corrected chi connectivity index (χ4v) is 5.19. The van der Waals surface area contributed by atoms with E-state index in [9.17, 15) is 19.5 Å². The van der Waals surface area contributed by atoms with Crippen LogP contribution in [0, 0.1) is 11.3 Å². The van der Waals surface area contributed by atoms with Gasteiger partial charge in [-0.25, -0.2) is 9.55 Å². The number of phosphoric ester groups is 1. The van der Waals surface area contributed by atoms with Crippen LogP contribution in [0.1, 0.15) is 25.6 Å². The van der Waals surface area contributed by atoms with Gasteiger partial charge in [0.1, 0.15) is 17.6 Å². The van der Waals surface area contributed by atoms with Crippen molar-refractivity contribution >= 4 is 30.5 Å². The zero-order chi connectivity index (χ0) is 29.0. The molecule has 206 valence electrons. The number of nitrogens with zero attached hydrogens (tertiary/aromatic N) is 4. The van der Waals surface area contributed by atoms with Crippen LogP contribution in [-0.2, 0) is 18.4 Å². The van der Waals surface area contributed by atoms with Crippen LogP contribution in [0.4, 0.5) is 5.69 Å². The van der Waals surface area contributed by atoms with Gasteiger partial charge in [0.25, 0.3) is 0 Å². The van der Waals surface area contributed by atoms with Gasteiger partial charge in [-0.2, -0.15) is 5.26 Å². The lowest BCUT2D eigenvalue weighted by Crippen LogP contribution is -2.23. The Labute approximate surface area is 232 Å². The number of aromatic nitrogens is 2. The molecule has 2 aromatic carbocycles. The molecule has 0 radical (unpaired) electrons. The van der Waals surface area contributed by atoms with Gasteiger partial charge in [-0.15, -0.1) is 0 Å². The summed E-state index contributed by atoms with van der Waals surface area (Å²) in [4.78, 5) is 28.5. The first kappa shape index (κ1) is 28.7. The van der Waals surface area contributed by atoms with E-state index in [1.807, 2.05) is 24.3 Å². The first-order valence-electron chi connectivity index (χ1n) is 12.4.